The third-order valence-corrected chi connectivity index (χ3v) is 4.49. The molecule has 4 heteroatoms. The van der Waals surface area contributed by atoms with Gasteiger partial charge in [-0.1, -0.05) is 13.8 Å². The van der Waals surface area contributed by atoms with Crippen molar-refractivity contribution in [3.8, 4) is 0 Å². The number of hydrogen-bond acceptors (Lipinski definition) is 4. The van der Waals surface area contributed by atoms with E-state index in [0.29, 0.717) is 18.6 Å². The Morgan fingerprint density at radius 3 is 2.50 bits per heavy atom. The molecule has 0 radical (unpaired) electrons. The third kappa shape index (κ3) is 5.41. The van der Waals surface area contributed by atoms with Crippen LogP contribution in [0.1, 0.15) is 51.3 Å². The van der Waals surface area contributed by atoms with Crippen LogP contribution in [0.3, 0.4) is 0 Å². The summed E-state index contributed by atoms with van der Waals surface area (Å²) in [7, 11) is 4.37. The summed E-state index contributed by atoms with van der Waals surface area (Å²) in [5.74, 6) is 1.55. The fourth-order valence-electron chi connectivity index (χ4n) is 3.17. The molecule has 4 nitrogen and oxygen atoms in total. The molecule has 1 fully saturated rings. The van der Waals surface area contributed by atoms with E-state index in [9.17, 15) is 0 Å². The van der Waals surface area contributed by atoms with E-state index in [2.05, 4.69) is 38.2 Å². The first-order chi connectivity index (χ1) is 10.6. The molecular weight excluding hydrogens is 276 g/mol. The Balaban J connectivity index is 1.84. The summed E-state index contributed by atoms with van der Waals surface area (Å²) in [6.07, 6.45) is 6.73. The average Bonchev–Trinajstić information content (AvgIpc) is 3.00. The fourth-order valence-corrected chi connectivity index (χ4v) is 3.17. The first-order valence-electron chi connectivity index (χ1n) is 8.60. The van der Waals surface area contributed by atoms with Crippen molar-refractivity contribution in [2.45, 2.75) is 57.7 Å². The maximum atomic E-state index is 5.85. The molecule has 126 valence electrons. The summed E-state index contributed by atoms with van der Waals surface area (Å²) in [4.78, 5) is 2.35. The lowest BCUT2D eigenvalue weighted by Gasteiger charge is -2.34. The predicted molar refractivity (Wildman–Crippen MR) is 90.0 cm³/mol. The molecule has 1 atom stereocenters. The van der Waals surface area contributed by atoms with Crippen LogP contribution in [0, 0.1) is 5.92 Å². The first kappa shape index (κ1) is 17.5. The molecule has 0 saturated heterocycles. The van der Waals surface area contributed by atoms with Gasteiger partial charge < -0.3 is 19.4 Å². The zero-order valence-electron chi connectivity index (χ0n) is 14.5. The second-order valence-corrected chi connectivity index (χ2v) is 7.14. The van der Waals surface area contributed by atoms with Gasteiger partial charge in [0.2, 0.25) is 0 Å². The normalized spacial score (nSPS) is 24.1. The highest BCUT2D eigenvalue weighted by atomic mass is 16.5. The summed E-state index contributed by atoms with van der Waals surface area (Å²) in [6.45, 7) is 5.83. The highest BCUT2D eigenvalue weighted by Crippen LogP contribution is 2.24. The number of nitrogens with one attached hydrogen (secondary N) is 1. The maximum Gasteiger partial charge on any atom is 0.123 e. The second kappa shape index (κ2) is 8.70. The Morgan fingerprint density at radius 2 is 1.95 bits per heavy atom. The van der Waals surface area contributed by atoms with Crippen LogP contribution in [0.25, 0.3) is 0 Å². The molecule has 1 aliphatic carbocycles. The van der Waals surface area contributed by atoms with Crippen LogP contribution in [-0.2, 0) is 4.74 Å². The lowest BCUT2D eigenvalue weighted by molar-refractivity contribution is 0.0775. The quantitative estimate of drug-likeness (QED) is 0.798. The minimum Gasteiger partial charge on any atom is -0.468 e. The lowest BCUT2D eigenvalue weighted by atomic mass is 9.90. The summed E-state index contributed by atoms with van der Waals surface area (Å²) in [5, 5.41) is 3.75. The first-order valence-corrected chi connectivity index (χ1v) is 8.60. The minimum atomic E-state index is 0.162. The van der Waals surface area contributed by atoms with Gasteiger partial charge in [0.15, 0.2) is 0 Å². The molecule has 1 saturated carbocycles. The van der Waals surface area contributed by atoms with Crippen molar-refractivity contribution in [1.82, 2.24) is 10.2 Å². The molecule has 0 spiro atoms. The predicted octanol–water partition coefficient (Wildman–Crippen LogP) is 3.46. The van der Waals surface area contributed by atoms with Crippen molar-refractivity contribution in [2.24, 2.45) is 5.92 Å². The van der Waals surface area contributed by atoms with Crippen LogP contribution in [-0.4, -0.2) is 44.3 Å². The van der Waals surface area contributed by atoms with Gasteiger partial charge in [-0.25, -0.2) is 0 Å². The molecule has 0 bridgehead atoms. The zero-order chi connectivity index (χ0) is 15.9. The number of ether oxygens (including phenoxy) is 1. The van der Waals surface area contributed by atoms with Crippen LogP contribution in [0.4, 0.5) is 0 Å². The highest BCUT2D eigenvalue weighted by Gasteiger charge is 2.25. The van der Waals surface area contributed by atoms with Gasteiger partial charge in [0.05, 0.1) is 18.9 Å². The molecule has 1 N–H and O–H groups in total. The van der Waals surface area contributed by atoms with Gasteiger partial charge >= 0.3 is 0 Å². The summed E-state index contributed by atoms with van der Waals surface area (Å²) in [6, 6.07) is 5.46. The van der Waals surface area contributed by atoms with E-state index in [1.165, 1.54) is 25.7 Å². The van der Waals surface area contributed by atoms with E-state index in [-0.39, 0.29) is 6.04 Å². The molecular formula is C18H32N2O2. The fraction of sp³-hybridized carbons (Fsp3) is 0.778. The third-order valence-electron chi connectivity index (χ3n) is 4.49. The van der Waals surface area contributed by atoms with Crippen LogP contribution < -0.4 is 5.32 Å². The van der Waals surface area contributed by atoms with Gasteiger partial charge in [-0.2, -0.15) is 0 Å². The Hall–Kier alpha value is -0.840. The zero-order valence-corrected chi connectivity index (χ0v) is 14.5. The molecule has 22 heavy (non-hydrogen) atoms. The minimum absolute atomic E-state index is 0.162. The van der Waals surface area contributed by atoms with Crippen molar-refractivity contribution in [2.75, 3.05) is 27.3 Å². The van der Waals surface area contributed by atoms with Gasteiger partial charge in [-0.3, -0.25) is 0 Å². The van der Waals surface area contributed by atoms with Crippen LogP contribution >= 0.6 is 0 Å². The monoisotopic (exact) mass is 308 g/mol. The maximum absolute atomic E-state index is 5.85. The number of nitrogens with zero attached hydrogens (tertiary/aromatic N) is 1. The Labute approximate surface area is 135 Å². The van der Waals surface area contributed by atoms with Crippen molar-refractivity contribution in [3.05, 3.63) is 24.2 Å². The standard InChI is InChI=1S/C18H32N2O2/c1-14(2)12-21-13-17(18-6-5-11-22-18)19-15-7-9-16(10-8-15)20(3)4/h5-6,11,14-17,19H,7-10,12-13H2,1-4H3/t15?,16?,17-/m0/s1. The van der Waals surface area contributed by atoms with Gasteiger partial charge in [0.25, 0.3) is 0 Å². The molecule has 1 aromatic heterocycles. The molecule has 1 aliphatic rings. The van der Waals surface area contributed by atoms with Crippen LogP contribution in [0.5, 0.6) is 0 Å². The van der Waals surface area contributed by atoms with Crippen molar-refractivity contribution >= 4 is 0 Å². The number of furan rings is 1. The Kier molecular flexibility index (Phi) is 6.93. The largest absolute Gasteiger partial charge is 0.468 e. The molecule has 1 heterocycles. The molecule has 1 aromatic rings. The Morgan fingerprint density at radius 1 is 1.23 bits per heavy atom. The molecule has 0 aliphatic heterocycles. The summed E-state index contributed by atoms with van der Waals surface area (Å²) in [5.41, 5.74) is 0. The molecule has 0 aromatic carbocycles. The number of hydrogen-bond donors (Lipinski definition) is 1. The van der Waals surface area contributed by atoms with Gasteiger partial charge in [-0.15, -0.1) is 0 Å². The van der Waals surface area contributed by atoms with Crippen LogP contribution in [0.15, 0.2) is 22.8 Å². The van der Waals surface area contributed by atoms with E-state index in [0.717, 1.165) is 18.4 Å². The Bertz CT molecular complexity index is 395. The lowest BCUT2D eigenvalue weighted by Crippen LogP contribution is -2.41. The molecule has 0 amide bonds. The van der Waals surface area contributed by atoms with E-state index < -0.39 is 0 Å². The molecule has 0 unspecified atom stereocenters. The topological polar surface area (TPSA) is 37.6 Å². The van der Waals surface area contributed by atoms with Gasteiger partial charge in [-0.05, 0) is 57.8 Å². The number of rotatable bonds is 8. The van der Waals surface area contributed by atoms with Crippen LogP contribution in [0.2, 0.25) is 0 Å². The smallest absolute Gasteiger partial charge is 0.123 e. The second-order valence-electron chi connectivity index (χ2n) is 7.14. The molecule has 2 rings (SSSR count). The summed E-state index contributed by atoms with van der Waals surface area (Å²) >= 11 is 0. The highest BCUT2D eigenvalue weighted by molar-refractivity contribution is 5.05. The van der Waals surface area contributed by atoms with Gasteiger partial charge in [0.1, 0.15) is 5.76 Å². The van der Waals surface area contributed by atoms with E-state index in [4.69, 9.17) is 9.15 Å². The van der Waals surface area contributed by atoms with Crippen molar-refractivity contribution in [3.63, 3.8) is 0 Å². The van der Waals surface area contributed by atoms with Crippen molar-refractivity contribution in [1.29, 1.82) is 0 Å². The van der Waals surface area contributed by atoms with E-state index in [1.54, 1.807) is 6.26 Å². The SMILES string of the molecule is CC(C)COC[C@H](NC1CCC(N(C)C)CC1)c1ccco1. The summed E-state index contributed by atoms with van der Waals surface area (Å²) < 4.78 is 11.5. The van der Waals surface area contributed by atoms with Gasteiger partial charge in [0, 0.05) is 18.7 Å². The van der Waals surface area contributed by atoms with E-state index in [1.807, 2.05) is 12.1 Å². The average molecular weight is 308 g/mol. The van der Waals surface area contributed by atoms with Crippen molar-refractivity contribution < 1.29 is 9.15 Å². The van der Waals surface area contributed by atoms with E-state index >= 15 is 0 Å².